The number of ether oxygens (including phenoxy) is 2. The molecule has 0 spiro atoms. The third-order valence-corrected chi connectivity index (χ3v) is 4.38. The average Bonchev–Trinajstić information content (AvgIpc) is 2.94. The smallest absolute Gasteiger partial charge is 0.437 e. The number of hydrogen-bond donors (Lipinski definition) is 0. The van der Waals surface area contributed by atoms with Crippen LogP contribution >= 0.6 is 11.6 Å². The molecule has 2 aromatic heterocycles. The first-order chi connectivity index (χ1) is 12.6. The zero-order valence-electron chi connectivity index (χ0n) is 14.1. The van der Waals surface area contributed by atoms with Crippen LogP contribution in [0.4, 0.5) is 4.79 Å². The summed E-state index contributed by atoms with van der Waals surface area (Å²) in [6.45, 7) is 0. The molecule has 0 radical (unpaired) electrons. The number of rotatable bonds is 2. The first-order valence-corrected chi connectivity index (χ1v) is 8.23. The van der Waals surface area contributed by atoms with Gasteiger partial charge in [-0.25, -0.2) is 9.78 Å². The maximum Gasteiger partial charge on any atom is 0.514 e. The minimum absolute atomic E-state index is 0.147. The molecule has 0 bridgehead atoms. The van der Waals surface area contributed by atoms with Crippen LogP contribution in [0, 0.1) is 0 Å². The standard InChI is InChI=1S/C19H14ClN3O3/c1-23-14-10-12(20)8-9-13(14)15-17(23)21-16(11-6-4-3-5-7-11)22-18(15)26-19(24)25-2/h3-10H,1-2H3. The summed E-state index contributed by atoms with van der Waals surface area (Å²) in [5.41, 5.74) is 2.31. The summed E-state index contributed by atoms with van der Waals surface area (Å²) in [6.07, 6.45) is -0.838. The van der Waals surface area contributed by atoms with Crippen LogP contribution in [0.1, 0.15) is 0 Å². The Balaban J connectivity index is 2.07. The minimum Gasteiger partial charge on any atom is -0.437 e. The van der Waals surface area contributed by atoms with E-state index in [1.54, 1.807) is 6.07 Å². The predicted octanol–water partition coefficient (Wildman–Crippen LogP) is 4.59. The Bertz CT molecular complexity index is 1140. The number of benzene rings is 2. The summed E-state index contributed by atoms with van der Waals surface area (Å²) in [5.74, 6) is 0.600. The molecule has 0 saturated heterocycles. The van der Waals surface area contributed by atoms with E-state index < -0.39 is 6.16 Å². The molecule has 26 heavy (non-hydrogen) atoms. The highest BCUT2D eigenvalue weighted by molar-refractivity contribution is 6.31. The fourth-order valence-corrected chi connectivity index (χ4v) is 3.09. The number of carbonyl (C=O) groups is 1. The van der Waals surface area contributed by atoms with Gasteiger partial charge in [0, 0.05) is 23.0 Å². The Hall–Kier alpha value is -3.12. The van der Waals surface area contributed by atoms with E-state index in [1.807, 2.05) is 54.1 Å². The van der Waals surface area contributed by atoms with Gasteiger partial charge in [-0.1, -0.05) is 48.0 Å². The van der Waals surface area contributed by atoms with Crippen molar-refractivity contribution in [3.63, 3.8) is 0 Å². The normalized spacial score (nSPS) is 11.0. The van der Waals surface area contributed by atoms with Crippen molar-refractivity contribution in [2.75, 3.05) is 7.11 Å². The quantitative estimate of drug-likeness (QED) is 0.485. The lowest BCUT2D eigenvalue weighted by Gasteiger charge is -2.07. The van der Waals surface area contributed by atoms with E-state index in [1.165, 1.54) is 7.11 Å². The van der Waals surface area contributed by atoms with Gasteiger partial charge in [-0.15, -0.1) is 0 Å². The topological polar surface area (TPSA) is 66.2 Å². The number of halogens is 1. The largest absolute Gasteiger partial charge is 0.514 e. The van der Waals surface area contributed by atoms with Gasteiger partial charge in [0.2, 0.25) is 5.88 Å². The molecule has 0 fully saturated rings. The van der Waals surface area contributed by atoms with E-state index in [4.69, 9.17) is 16.3 Å². The van der Waals surface area contributed by atoms with Gasteiger partial charge in [0.15, 0.2) is 5.82 Å². The first-order valence-electron chi connectivity index (χ1n) is 7.85. The summed E-state index contributed by atoms with van der Waals surface area (Å²) in [5, 5.41) is 2.07. The Labute approximate surface area is 153 Å². The van der Waals surface area contributed by atoms with E-state index in [2.05, 4.69) is 14.7 Å². The van der Waals surface area contributed by atoms with Crippen LogP contribution < -0.4 is 4.74 Å². The lowest BCUT2D eigenvalue weighted by molar-refractivity contribution is 0.120. The molecule has 0 aliphatic heterocycles. The van der Waals surface area contributed by atoms with Gasteiger partial charge in [0.1, 0.15) is 5.65 Å². The molecule has 4 aromatic rings. The van der Waals surface area contributed by atoms with Crippen LogP contribution in [-0.4, -0.2) is 27.8 Å². The van der Waals surface area contributed by atoms with Crippen LogP contribution in [0.25, 0.3) is 33.3 Å². The number of hydrogen-bond acceptors (Lipinski definition) is 5. The molecule has 6 nitrogen and oxygen atoms in total. The van der Waals surface area contributed by atoms with Gasteiger partial charge in [0.05, 0.1) is 18.0 Å². The lowest BCUT2D eigenvalue weighted by Crippen LogP contribution is -2.09. The Morgan fingerprint density at radius 1 is 1.12 bits per heavy atom. The predicted molar refractivity (Wildman–Crippen MR) is 99.5 cm³/mol. The number of nitrogens with zero attached hydrogens (tertiary/aromatic N) is 3. The maximum atomic E-state index is 11.7. The minimum atomic E-state index is -0.838. The molecular formula is C19H14ClN3O3. The van der Waals surface area contributed by atoms with Crippen LogP contribution in [0.15, 0.2) is 48.5 Å². The number of aromatic nitrogens is 3. The second-order valence-electron chi connectivity index (χ2n) is 5.69. The summed E-state index contributed by atoms with van der Waals surface area (Å²) >= 11 is 6.14. The molecule has 0 atom stereocenters. The second kappa shape index (κ2) is 6.31. The first kappa shape index (κ1) is 16.4. The van der Waals surface area contributed by atoms with Crippen LogP contribution in [0.3, 0.4) is 0 Å². The van der Waals surface area contributed by atoms with Crippen LogP contribution in [0.5, 0.6) is 5.88 Å². The molecule has 4 rings (SSSR count). The van der Waals surface area contributed by atoms with Crippen molar-refractivity contribution in [1.82, 2.24) is 14.5 Å². The SMILES string of the molecule is COC(=O)Oc1nc(-c2ccccc2)nc2c1c1ccc(Cl)cc1n2C. The summed E-state index contributed by atoms with van der Waals surface area (Å²) in [6, 6.07) is 14.9. The Morgan fingerprint density at radius 2 is 1.88 bits per heavy atom. The van der Waals surface area contributed by atoms with Gasteiger partial charge in [-0.05, 0) is 12.1 Å². The van der Waals surface area contributed by atoms with Crippen molar-refractivity contribution < 1.29 is 14.3 Å². The summed E-state index contributed by atoms with van der Waals surface area (Å²) in [7, 11) is 3.13. The Morgan fingerprint density at radius 3 is 2.62 bits per heavy atom. The maximum absolute atomic E-state index is 11.7. The zero-order valence-corrected chi connectivity index (χ0v) is 14.8. The highest BCUT2D eigenvalue weighted by atomic mass is 35.5. The van der Waals surface area contributed by atoms with Crippen molar-refractivity contribution >= 4 is 39.7 Å². The van der Waals surface area contributed by atoms with Gasteiger partial charge >= 0.3 is 6.16 Å². The second-order valence-corrected chi connectivity index (χ2v) is 6.13. The molecule has 7 heteroatoms. The lowest BCUT2D eigenvalue weighted by atomic mass is 10.2. The molecule has 0 aliphatic rings. The van der Waals surface area contributed by atoms with Crippen molar-refractivity contribution in [3.8, 4) is 17.3 Å². The monoisotopic (exact) mass is 367 g/mol. The van der Waals surface area contributed by atoms with Crippen LogP contribution in [-0.2, 0) is 11.8 Å². The van der Waals surface area contributed by atoms with E-state index in [0.29, 0.717) is 21.9 Å². The Kier molecular flexibility index (Phi) is 3.97. The van der Waals surface area contributed by atoms with E-state index in [0.717, 1.165) is 16.5 Å². The molecule has 130 valence electrons. The average molecular weight is 368 g/mol. The van der Waals surface area contributed by atoms with Crippen molar-refractivity contribution in [1.29, 1.82) is 0 Å². The third-order valence-electron chi connectivity index (χ3n) is 4.14. The molecule has 0 aliphatic carbocycles. The van der Waals surface area contributed by atoms with Crippen molar-refractivity contribution in [2.24, 2.45) is 7.05 Å². The van der Waals surface area contributed by atoms with E-state index >= 15 is 0 Å². The number of methoxy groups -OCH3 is 1. The van der Waals surface area contributed by atoms with Gasteiger partial charge in [-0.3, -0.25) is 0 Å². The molecule has 0 unspecified atom stereocenters. The molecule has 0 saturated carbocycles. The highest BCUT2D eigenvalue weighted by Gasteiger charge is 2.20. The fourth-order valence-electron chi connectivity index (χ4n) is 2.93. The zero-order chi connectivity index (χ0) is 18.3. The van der Waals surface area contributed by atoms with Gasteiger partial charge in [0.25, 0.3) is 0 Å². The van der Waals surface area contributed by atoms with Gasteiger partial charge < -0.3 is 14.0 Å². The molecule has 0 N–H and O–H groups in total. The summed E-state index contributed by atoms with van der Waals surface area (Å²) < 4.78 is 11.9. The van der Waals surface area contributed by atoms with Crippen LogP contribution in [0.2, 0.25) is 5.02 Å². The van der Waals surface area contributed by atoms with E-state index in [-0.39, 0.29) is 5.88 Å². The number of carbonyl (C=O) groups excluding carboxylic acids is 1. The highest BCUT2D eigenvalue weighted by Crippen LogP contribution is 2.35. The number of fused-ring (bicyclic) bond motifs is 3. The van der Waals surface area contributed by atoms with Gasteiger partial charge in [-0.2, -0.15) is 4.98 Å². The van der Waals surface area contributed by atoms with E-state index in [9.17, 15) is 4.79 Å². The summed E-state index contributed by atoms with van der Waals surface area (Å²) in [4.78, 5) is 20.9. The molecule has 2 heterocycles. The molecular weight excluding hydrogens is 354 g/mol. The van der Waals surface area contributed by atoms with Crippen molar-refractivity contribution in [3.05, 3.63) is 53.6 Å². The molecule has 0 amide bonds. The molecule has 2 aromatic carbocycles. The van der Waals surface area contributed by atoms with Crippen molar-refractivity contribution in [2.45, 2.75) is 0 Å². The number of aryl methyl sites for hydroxylation is 1. The fraction of sp³-hybridized carbons (Fsp3) is 0.105. The third kappa shape index (κ3) is 2.64.